The van der Waals surface area contributed by atoms with E-state index in [1.165, 1.54) is 19.3 Å². The van der Waals surface area contributed by atoms with Crippen LogP contribution in [0.2, 0.25) is 0 Å². The van der Waals surface area contributed by atoms with Crippen LogP contribution in [0.4, 0.5) is 0 Å². The molecule has 0 spiro atoms. The lowest BCUT2D eigenvalue weighted by atomic mass is 9.78. The fraction of sp³-hybridized carbons (Fsp3) is 0.923. The van der Waals surface area contributed by atoms with E-state index in [1.54, 1.807) is 0 Å². The highest BCUT2D eigenvalue weighted by Crippen LogP contribution is 2.32. The summed E-state index contributed by atoms with van der Waals surface area (Å²) in [6.07, 6.45) is 4.62. The maximum Gasteiger partial charge on any atom is 0.0920 e. The Morgan fingerprint density at radius 3 is 2.50 bits per heavy atom. The van der Waals surface area contributed by atoms with Gasteiger partial charge in [0.25, 0.3) is 0 Å². The molecule has 0 bridgehead atoms. The van der Waals surface area contributed by atoms with Crippen molar-refractivity contribution >= 4 is 5.84 Å². The van der Waals surface area contributed by atoms with Crippen LogP contribution >= 0.6 is 0 Å². The Bertz CT molecular complexity index is 239. The van der Waals surface area contributed by atoms with Crippen LogP contribution in [0.15, 0.2) is 0 Å². The minimum atomic E-state index is 0.302. The average Bonchev–Trinajstić information content (AvgIpc) is 2.20. The van der Waals surface area contributed by atoms with Crippen molar-refractivity contribution in [3.8, 4) is 0 Å². The van der Waals surface area contributed by atoms with E-state index in [1.807, 2.05) is 0 Å². The van der Waals surface area contributed by atoms with Gasteiger partial charge >= 0.3 is 0 Å². The van der Waals surface area contributed by atoms with Crippen molar-refractivity contribution in [2.45, 2.75) is 58.5 Å². The summed E-state index contributed by atoms with van der Waals surface area (Å²) in [4.78, 5) is 2.42. The summed E-state index contributed by atoms with van der Waals surface area (Å²) in [5.41, 5.74) is 5.47. The molecule has 94 valence electrons. The highest BCUT2D eigenvalue weighted by Gasteiger charge is 2.28. The van der Waals surface area contributed by atoms with Crippen molar-refractivity contribution in [1.82, 2.24) is 4.90 Å². The molecule has 3 nitrogen and oxygen atoms in total. The minimum absolute atomic E-state index is 0.302. The molecule has 1 fully saturated rings. The molecule has 3 heteroatoms. The predicted molar refractivity (Wildman–Crippen MR) is 69.7 cm³/mol. The van der Waals surface area contributed by atoms with E-state index in [4.69, 9.17) is 11.1 Å². The largest absolute Gasteiger partial charge is 0.388 e. The molecule has 0 aliphatic heterocycles. The SMILES string of the molecule is CC1CCC(N(C)C(C)CC(=N)N)CC1C. The number of rotatable bonds is 4. The lowest BCUT2D eigenvalue weighted by Gasteiger charge is -2.40. The number of nitrogens with zero attached hydrogens (tertiary/aromatic N) is 1. The maximum atomic E-state index is 7.35. The summed E-state index contributed by atoms with van der Waals surface area (Å²) in [6.45, 7) is 6.89. The van der Waals surface area contributed by atoms with E-state index in [0.29, 0.717) is 24.3 Å². The molecule has 3 N–H and O–H groups in total. The van der Waals surface area contributed by atoms with Crippen LogP contribution in [0.3, 0.4) is 0 Å². The van der Waals surface area contributed by atoms with Crippen LogP contribution in [0.25, 0.3) is 0 Å². The summed E-state index contributed by atoms with van der Waals surface area (Å²) in [7, 11) is 2.18. The molecule has 4 atom stereocenters. The van der Waals surface area contributed by atoms with Crippen LogP contribution in [0.5, 0.6) is 0 Å². The average molecular weight is 225 g/mol. The smallest absolute Gasteiger partial charge is 0.0920 e. The minimum Gasteiger partial charge on any atom is -0.388 e. The van der Waals surface area contributed by atoms with Gasteiger partial charge < -0.3 is 10.6 Å². The zero-order valence-electron chi connectivity index (χ0n) is 11.2. The highest BCUT2D eigenvalue weighted by molar-refractivity contribution is 5.77. The van der Waals surface area contributed by atoms with Gasteiger partial charge in [0.2, 0.25) is 0 Å². The fourth-order valence-electron chi connectivity index (χ4n) is 2.71. The number of amidine groups is 1. The topological polar surface area (TPSA) is 53.1 Å². The lowest BCUT2D eigenvalue weighted by Crippen LogP contribution is -2.43. The zero-order chi connectivity index (χ0) is 12.3. The van der Waals surface area contributed by atoms with Crippen molar-refractivity contribution in [1.29, 1.82) is 5.41 Å². The van der Waals surface area contributed by atoms with Crippen molar-refractivity contribution in [2.75, 3.05) is 7.05 Å². The van der Waals surface area contributed by atoms with Gasteiger partial charge in [-0.15, -0.1) is 0 Å². The molecular weight excluding hydrogens is 198 g/mol. The van der Waals surface area contributed by atoms with Crippen molar-refractivity contribution in [2.24, 2.45) is 17.6 Å². The van der Waals surface area contributed by atoms with E-state index in [9.17, 15) is 0 Å². The number of hydrogen-bond acceptors (Lipinski definition) is 2. The number of nitrogens with two attached hydrogens (primary N) is 1. The van der Waals surface area contributed by atoms with E-state index in [2.05, 4.69) is 32.7 Å². The van der Waals surface area contributed by atoms with Gasteiger partial charge in [-0.1, -0.05) is 13.8 Å². The molecule has 1 saturated carbocycles. The quantitative estimate of drug-likeness (QED) is 0.570. The van der Waals surface area contributed by atoms with Gasteiger partial charge in [0, 0.05) is 18.5 Å². The van der Waals surface area contributed by atoms with Crippen LogP contribution in [0, 0.1) is 17.2 Å². The molecule has 1 rings (SSSR count). The lowest BCUT2D eigenvalue weighted by molar-refractivity contribution is 0.104. The summed E-state index contributed by atoms with van der Waals surface area (Å²) in [5.74, 6) is 2.00. The molecule has 1 aliphatic rings. The van der Waals surface area contributed by atoms with Gasteiger partial charge in [-0.25, -0.2) is 0 Å². The van der Waals surface area contributed by atoms with Gasteiger partial charge in [-0.05, 0) is 45.1 Å². The first-order valence-corrected chi connectivity index (χ1v) is 6.46. The van der Waals surface area contributed by atoms with Crippen molar-refractivity contribution < 1.29 is 0 Å². The molecule has 0 amide bonds. The van der Waals surface area contributed by atoms with Crippen LogP contribution < -0.4 is 5.73 Å². The molecule has 0 aromatic rings. The molecule has 0 aromatic heterocycles. The first kappa shape index (κ1) is 13.5. The summed E-state index contributed by atoms with van der Waals surface area (Å²) < 4.78 is 0. The van der Waals surface area contributed by atoms with E-state index in [-0.39, 0.29) is 0 Å². The van der Waals surface area contributed by atoms with Gasteiger partial charge in [-0.2, -0.15) is 0 Å². The van der Waals surface area contributed by atoms with Crippen molar-refractivity contribution in [3.05, 3.63) is 0 Å². The Morgan fingerprint density at radius 2 is 2.00 bits per heavy atom. The normalized spacial score (nSPS) is 32.7. The third-order valence-electron chi connectivity index (χ3n) is 4.36. The van der Waals surface area contributed by atoms with Crippen LogP contribution in [-0.2, 0) is 0 Å². The van der Waals surface area contributed by atoms with E-state index < -0.39 is 0 Å². The van der Waals surface area contributed by atoms with Crippen molar-refractivity contribution in [3.63, 3.8) is 0 Å². The molecule has 4 unspecified atom stereocenters. The second-order valence-corrected chi connectivity index (χ2v) is 5.67. The molecule has 0 heterocycles. The maximum absolute atomic E-state index is 7.35. The zero-order valence-corrected chi connectivity index (χ0v) is 11.2. The number of nitrogens with one attached hydrogen (secondary N) is 1. The Morgan fingerprint density at radius 1 is 1.38 bits per heavy atom. The Balaban J connectivity index is 2.47. The second kappa shape index (κ2) is 5.67. The fourth-order valence-corrected chi connectivity index (χ4v) is 2.71. The van der Waals surface area contributed by atoms with Crippen LogP contribution in [0.1, 0.15) is 46.5 Å². The first-order valence-electron chi connectivity index (χ1n) is 6.46. The number of hydrogen-bond donors (Lipinski definition) is 2. The molecule has 0 aromatic carbocycles. The van der Waals surface area contributed by atoms with E-state index in [0.717, 1.165) is 11.8 Å². The van der Waals surface area contributed by atoms with Crippen LogP contribution in [-0.4, -0.2) is 29.9 Å². The summed E-state index contributed by atoms with van der Waals surface area (Å²) in [5, 5.41) is 7.35. The molecule has 0 saturated heterocycles. The Kier molecular flexibility index (Phi) is 4.78. The molecule has 1 aliphatic carbocycles. The first-order chi connectivity index (χ1) is 7.41. The summed E-state index contributed by atoms with van der Waals surface area (Å²) >= 11 is 0. The monoisotopic (exact) mass is 225 g/mol. The standard InChI is InChI=1S/C13H27N3/c1-9-5-6-12(7-10(9)2)16(4)11(3)8-13(14)15/h9-12H,5-8H2,1-4H3,(H3,14,15). The third kappa shape index (κ3) is 3.48. The molecule has 0 radical (unpaired) electrons. The summed E-state index contributed by atoms with van der Waals surface area (Å²) in [6, 6.07) is 1.07. The van der Waals surface area contributed by atoms with Gasteiger partial charge in [-0.3, -0.25) is 5.41 Å². The van der Waals surface area contributed by atoms with Gasteiger partial charge in [0.05, 0.1) is 5.84 Å². The predicted octanol–water partition coefficient (Wildman–Crippen LogP) is 2.46. The van der Waals surface area contributed by atoms with E-state index >= 15 is 0 Å². The van der Waals surface area contributed by atoms with Gasteiger partial charge in [0.1, 0.15) is 0 Å². The second-order valence-electron chi connectivity index (χ2n) is 5.67. The molecule has 16 heavy (non-hydrogen) atoms. The van der Waals surface area contributed by atoms with Gasteiger partial charge in [0.15, 0.2) is 0 Å². The highest BCUT2D eigenvalue weighted by atomic mass is 15.2. The Labute approximate surface area is 99.9 Å². The Hall–Kier alpha value is -0.570. The molecular formula is C13H27N3. The third-order valence-corrected chi connectivity index (χ3v) is 4.36.